The van der Waals surface area contributed by atoms with Crippen LogP contribution < -0.4 is 5.32 Å². The lowest BCUT2D eigenvalue weighted by molar-refractivity contribution is 0.102. The highest BCUT2D eigenvalue weighted by molar-refractivity contribution is 7.13. The second-order valence-electron chi connectivity index (χ2n) is 5.16. The van der Waals surface area contributed by atoms with Gasteiger partial charge in [0.1, 0.15) is 5.69 Å². The van der Waals surface area contributed by atoms with E-state index < -0.39 is 0 Å². The molecule has 0 atom stereocenters. The van der Waals surface area contributed by atoms with E-state index in [1.54, 1.807) is 47.5 Å². The number of furan rings is 1. The van der Waals surface area contributed by atoms with Gasteiger partial charge in [-0.05, 0) is 47.7 Å². The van der Waals surface area contributed by atoms with Gasteiger partial charge in [-0.2, -0.15) is 4.68 Å². The van der Waals surface area contributed by atoms with Crippen LogP contribution in [-0.4, -0.2) is 31.1 Å². The third-order valence-corrected chi connectivity index (χ3v) is 4.30. The van der Waals surface area contributed by atoms with Crippen LogP contribution in [0.4, 0.5) is 5.69 Å². The molecule has 0 bridgehead atoms. The number of carbonyl (C=O) groups excluding carboxylic acids is 1. The van der Waals surface area contributed by atoms with Gasteiger partial charge in [-0.1, -0.05) is 6.07 Å². The number of aryl methyl sites for hydroxylation is 1. The Balaban J connectivity index is 1.54. The zero-order valence-electron chi connectivity index (χ0n) is 13.1. The predicted molar refractivity (Wildman–Crippen MR) is 91.7 cm³/mol. The van der Waals surface area contributed by atoms with E-state index in [2.05, 4.69) is 25.8 Å². The van der Waals surface area contributed by atoms with Crippen molar-refractivity contribution in [1.29, 1.82) is 0 Å². The van der Waals surface area contributed by atoms with Crippen LogP contribution >= 0.6 is 11.3 Å². The van der Waals surface area contributed by atoms with Crippen molar-refractivity contribution < 1.29 is 9.21 Å². The Morgan fingerprint density at radius 2 is 2.20 bits per heavy atom. The third kappa shape index (κ3) is 3.04. The molecule has 3 aromatic heterocycles. The zero-order valence-corrected chi connectivity index (χ0v) is 13.9. The molecule has 3 heterocycles. The molecule has 0 radical (unpaired) electrons. The molecule has 1 aromatic carbocycles. The van der Waals surface area contributed by atoms with Gasteiger partial charge in [0.15, 0.2) is 16.6 Å². The Morgan fingerprint density at radius 1 is 1.28 bits per heavy atom. The van der Waals surface area contributed by atoms with Crippen molar-refractivity contribution in [2.75, 3.05) is 5.32 Å². The van der Waals surface area contributed by atoms with Crippen LogP contribution in [-0.2, 0) is 0 Å². The van der Waals surface area contributed by atoms with Gasteiger partial charge in [-0.3, -0.25) is 4.79 Å². The quantitative estimate of drug-likeness (QED) is 0.606. The van der Waals surface area contributed by atoms with Gasteiger partial charge in [0, 0.05) is 11.1 Å². The first kappa shape index (κ1) is 15.2. The molecular formula is C16H12N6O2S. The Kier molecular flexibility index (Phi) is 3.82. The molecule has 0 saturated heterocycles. The van der Waals surface area contributed by atoms with E-state index >= 15 is 0 Å². The molecule has 0 aliphatic carbocycles. The number of hydrogen-bond acceptors (Lipinski definition) is 7. The molecule has 124 valence electrons. The van der Waals surface area contributed by atoms with Crippen LogP contribution in [0.1, 0.15) is 16.3 Å². The van der Waals surface area contributed by atoms with Crippen LogP contribution in [0, 0.1) is 6.92 Å². The average Bonchev–Trinajstić information content (AvgIpc) is 3.36. The molecule has 0 aliphatic heterocycles. The summed E-state index contributed by atoms with van der Waals surface area (Å²) in [4.78, 5) is 16.7. The molecule has 8 nitrogen and oxygen atoms in total. The molecule has 0 fully saturated rings. The van der Waals surface area contributed by atoms with E-state index in [1.807, 2.05) is 12.1 Å². The summed E-state index contributed by atoms with van der Waals surface area (Å²) in [5, 5.41) is 16.6. The van der Waals surface area contributed by atoms with Crippen molar-refractivity contribution >= 4 is 22.9 Å². The highest BCUT2D eigenvalue weighted by Crippen LogP contribution is 2.24. The molecule has 4 aromatic rings. The highest BCUT2D eigenvalue weighted by Gasteiger charge is 2.14. The van der Waals surface area contributed by atoms with Gasteiger partial charge in [0.25, 0.3) is 5.91 Å². The fourth-order valence-corrected chi connectivity index (χ4v) is 3.04. The third-order valence-electron chi connectivity index (χ3n) is 3.44. The lowest BCUT2D eigenvalue weighted by Gasteiger charge is -2.06. The number of thiazole rings is 1. The molecule has 25 heavy (non-hydrogen) atoms. The summed E-state index contributed by atoms with van der Waals surface area (Å²) in [5.74, 6) is 1.01. The molecule has 1 N–H and O–H groups in total. The standard InChI is InChI=1S/C16H12N6O2S/c1-10-19-20-21-22(10)12-5-2-4-11(8-12)17-15(23)13-9-25-16(18-13)14-6-3-7-24-14/h2-9H,1H3,(H,17,23). The van der Waals surface area contributed by atoms with Crippen molar-refractivity contribution in [3.05, 3.63) is 59.6 Å². The summed E-state index contributed by atoms with van der Waals surface area (Å²) in [5.41, 5.74) is 1.72. The Hall–Kier alpha value is -3.33. The maximum Gasteiger partial charge on any atom is 0.275 e. The minimum atomic E-state index is -0.292. The lowest BCUT2D eigenvalue weighted by Crippen LogP contribution is -2.12. The summed E-state index contributed by atoms with van der Waals surface area (Å²) in [6, 6.07) is 10.8. The summed E-state index contributed by atoms with van der Waals surface area (Å²) in [6.07, 6.45) is 1.57. The van der Waals surface area contributed by atoms with Gasteiger partial charge in [0.2, 0.25) is 0 Å². The van der Waals surface area contributed by atoms with E-state index in [4.69, 9.17) is 4.42 Å². The minimum absolute atomic E-state index is 0.292. The van der Waals surface area contributed by atoms with Crippen molar-refractivity contribution in [2.24, 2.45) is 0 Å². The summed E-state index contributed by atoms with van der Waals surface area (Å²) >= 11 is 1.35. The Morgan fingerprint density at radius 3 is 2.96 bits per heavy atom. The number of hydrogen-bond donors (Lipinski definition) is 1. The molecule has 0 aliphatic rings. The Labute approximate surface area is 146 Å². The topological polar surface area (TPSA) is 98.7 Å². The van der Waals surface area contributed by atoms with Gasteiger partial charge >= 0.3 is 0 Å². The number of nitrogens with zero attached hydrogens (tertiary/aromatic N) is 5. The predicted octanol–water partition coefficient (Wildman–Crippen LogP) is 2.94. The number of benzene rings is 1. The van der Waals surface area contributed by atoms with Gasteiger partial charge < -0.3 is 9.73 Å². The van der Waals surface area contributed by atoms with Gasteiger partial charge in [0.05, 0.1) is 12.0 Å². The van der Waals surface area contributed by atoms with E-state index in [1.165, 1.54) is 11.3 Å². The molecule has 0 spiro atoms. The maximum absolute atomic E-state index is 12.4. The fraction of sp³-hybridized carbons (Fsp3) is 0.0625. The Bertz CT molecular complexity index is 1020. The largest absolute Gasteiger partial charge is 0.462 e. The molecular weight excluding hydrogens is 340 g/mol. The number of amides is 1. The first-order chi connectivity index (χ1) is 12.2. The van der Waals surface area contributed by atoms with Gasteiger partial charge in [-0.25, -0.2) is 4.98 Å². The van der Waals surface area contributed by atoms with E-state index in [0.717, 1.165) is 5.69 Å². The summed E-state index contributed by atoms with van der Waals surface area (Å²) < 4.78 is 6.88. The van der Waals surface area contributed by atoms with E-state index in [9.17, 15) is 4.79 Å². The van der Waals surface area contributed by atoms with Gasteiger partial charge in [-0.15, -0.1) is 16.4 Å². The van der Waals surface area contributed by atoms with Crippen molar-refractivity contribution in [1.82, 2.24) is 25.2 Å². The maximum atomic E-state index is 12.4. The van der Waals surface area contributed by atoms with Crippen LogP contribution in [0.3, 0.4) is 0 Å². The van der Waals surface area contributed by atoms with Crippen LogP contribution in [0.2, 0.25) is 0 Å². The summed E-state index contributed by atoms with van der Waals surface area (Å²) in [7, 11) is 0. The second-order valence-corrected chi connectivity index (χ2v) is 6.02. The average molecular weight is 352 g/mol. The van der Waals surface area contributed by atoms with Crippen LogP contribution in [0.5, 0.6) is 0 Å². The number of anilines is 1. The lowest BCUT2D eigenvalue weighted by atomic mass is 10.2. The zero-order chi connectivity index (χ0) is 17.2. The number of tetrazole rings is 1. The van der Waals surface area contributed by atoms with E-state index in [0.29, 0.717) is 28.0 Å². The normalized spacial score (nSPS) is 10.8. The second kappa shape index (κ2) is 6.29. The smallest absolute Gasteiger partial charge is 0.275 e. The molecule has 1 amide bonds. The monoisotopic (exact) mass is 352 g/mol. The van der Waals surface area contributed by atoms with Crippen molar-refractivity contribution in [3.8, 4) is 16.5 Å². The molecule has 0 saturated carbocycles. The van der Waals surface area contributed by atoms with Crippen LogP contribution in [0.25, 0.3) is 16.5 Å². The molecule has 4 rings (SSSR count). The first-order valence-electron chi connectivity index (χ1n) is 7.37. The number of carbonyl (C=O) groups is 1. The van der Waals surface area contributed by atoms with Crippen LogP contribution in [0.15, 0.2) is 52.5 Å². The summed E-state index contributed by atoms with van der Waals surface area (Å²) in [6.45, 7) is 1.80. The molecule has 0 unspecified atom stereocenters. The van der Waals surface area contributed by atoms with E-state index in [-0.39, 0.29) is 5.91 Å². The molecule has 9 heteroatoms. The first-order valence-corrected chi connectivity index (χ1v) is 8.25. The fourth-order valence-electron chi connectivity index (χ4n) is 2.27. The SMILES string of the molecule is Cc1nnnn1-c1cccc(NC(=O)c2csc(-c3ccco3)n2)c1. The number of rotatable bonds is 4. The number of nitrogens with one attached hydrogen (secondary N) is 1. The van der Waals surface area contributed by atoms with Crippen molar-refractivity contribution in [2.45, 2.75) is 6.92 Å². The van der Waals surface area contributed by atoms with Crippen molar-refractivity contribution in [3.63, 3.8) is 0 Å². The number of aromatic nitrogens is 5. The highest BCUT2D eigenvalue weighted by atomic mass is 32.1. The minimum Gasteiger partial charge on any atom is -0.462 e.